The number of ether oxygens (including phenoxy) is 1. The van der Waals surface area contributed by atoms with Crippen LogP contribution in [-0.4, -0.2) is 24.5 Å². The minimum Gasteiger partial charge on any atom is -0.452 e. The van der Waals surface area contributed by atoms with Crippen LogP contribution >= 0.6 is 27.5 Å². The first kappa shape index (κ1) is 17.3. The zero-order chi connectivity index (χ0) is 16.1. The van der Waals surface area contributed by atoms with Crippen LogP contribution in [0.3, 0.4) is 0 Å². The lowest BCUT2D eigenvalue weighted by molar-refractivity contribution is -0.125. The molecule has 1 N–H and O–H groups in total. The second-order valence-electron chi connectivity index (χ2n) is 5.64. The topological polar surface area (TPSA) is 55.4 Å². The van der Waals surface area contributed by atoms with Crippen LogP contribution in [-0.2, 0) is 9.53 Å². The van der Waals surface area contributed by atoms with E-state index in [9.17, 15) is 9.59 Å². The first-order valence-corrected chi connectivity index (χ1v) is 8.56. The van der Waals surface area contributed by atoms with E-state index in [0.717, 1.165) is 23.7 Å². The number of rotatable bonds is 4. The predicted octanol–water partition coefficient (Wildman–Crippen LogP) is 3.95. The van der Waals surface area contributed by atoms with Gasteiger partial charge >= 0.3 is 5.97 Å². The van der Waals surface area contributed by atoms with Crippen molar-refractivity contribution in [1.82, 2.24) is 5.32 Å². The molecule has 0 unspecified atom stereocenters. The SMILES string of the molecule is C[C@H]1CCCC[C@@H]1NC(=O)COC(=O)c1cc(Br)ccc1Cl. The van der Waals surface area contributed by atoms with Crippen molar-refractivity contribution in [3.63, 3.8) is 0 Å². The summed E-state index contributed by atoms with van der Waals surface area (Å²) in [5.74, 6) is -0.399. The minimum atomic E-state index is -0.599. The highest BCUT2D eigenvalue weighted by atomic mass is 79.9. The van der Waals surface area contributed by atoms with Gasteiger partial charge in [0, 0.05) is 10.5 Å². The number of amides is 1. The molecule has 1 saturated carbocycles. The third-order valence-corrected chi connectivity index (χ3v) is 4.76. The van der Waals surface area contributed by atoms with E-state index in [4.69, 9.17) is 16.3 Å². The van der Waals surface area contributed by atoms with Gasteiger partial charge in [-0.15, -0.1) is 0 Å². The molecule has 1 aliphatic rings. The highest BCUT2D eigenvalue weighted by molar-refractivity contribution is 9.10. The van der Waals surface area contributed by atoms with Crippen LogP contribution < -0.4 is 5.32 Å². The normalized spacial score (nSPS) is 21.2. The molecule has 0 spiro atoms. The van der Waals surface area contributed by atoms with Crippen LogP contribution in [0.2, 0.25) is 5.02 Å². The Hall–Kier alpha value is -1.07. The summed E-state index contributed by atoms with van der Waals surface area (Å²) in [5.41, 5.74) is 0.245. The van der Waals surface area contributed by atoms with Gasteiger partial charge in [0.25, 0.3) is 5.91 Å². The summed E-state index contributed by atoms with van der Waals surface area (Å²) in [6, 6.07) is 5.09. The number of hydrogen-bond acceptors (Lipinski definition) is 3. The molecule has 1 aromatic carbocycles. The molecule has 0 aliphatic heterocycles. The number of carbonyl (C=O) groups is 2. The van der Waals surface area contributed by atoms with Gasteiger partial charge in [0.1, 0.15) is 0 Å². The molecule has 120 valence electrons. The van der Waals surface area contributed by atoms with Gasteiger partial charge < -0.3 is 10.1 Å². The van der Waals surface area contributed by atoms with E-state index >= 15 is 0 Å². The molecular formula is C16H19BrClNO3. The van der Waals surface area contributed by atoms with Crippen LogP contribution in [0, 0.1) is 5.92 Å². The van der Waals surface area contributed by atoms with E-state index in [1.54, 1.807) is 18.2 Å². The lowest BCUT2D eigenvalue weighted by Crippen LogP contribution is -2.42. The average molecular weight is 389 g/mol. The molecule has 1 aliphatic carbocycles. The Kier molecular flexibility index (Phi) is 6.26. The third kappa shape index (κ3) is 4.71. The average Bonchev–Trinajstić information content (AvgIpc) is 2.49. The van der Waals surface area contributed by atoms with Crippen molar-refractivity contribution < 1.29 is 14.3 Å². The van der Waals surface area contributed by atoms with Crippen molar-refractivity contribution >= 4 is 39.4 Å². The summed E-state index contributed by atoms with van der Waals surface area (Å²) in [6.07, 6.45) is 4.45. The molecule has 0 radical (unpaired) electrons. The van der Waals surface area contributed by atoms with Crippen LogP contribution in [0.15, 0.2) is 22.7 Å². The maximum atomic E-state index is 12.0. The van der Waals surface area contributed by atoms with E-state index in [1.807, 2.05) is 0 Å². The smallest absolute Gasteiger partial charge is 0.340 e. The van der Waals surface area contributed by atoms with E-state index in [0.29, 0.717) is 10.9 Å². The van der Waals surface area contributed by atoms with Gasteiger partial charge in [-0.2, -0.15) is 0 Å². The van der Waals surface area contributed by atoms with Gasteiger partial charge in [-0.25, -0.2) is 4.79 Å². The Balaban J connectivity index is 1.85. The quantitative estimate of drug-likeness (QED) is 0.795. The first-order chi connectivity index (χ1) is 10.5. The minimum absolute atomic E-state index is 0.175. The van der Waals surface area contributed by atoms with E-state index < -0.39 is 5.97 Å². The number of nitrogens with one attached hydrogen (secondary N) is 1. The lowest BCUT2D eigenvalue weighted by Gasteiger charge is -2.29. The molecule has 2 atom stereocenters. The van der Waals surface area contributed by atoms with Gasteiger partial charge in [0.2, 0.25) is 0 Å². The molecule has 2 rings (SSSR count). The second-order valence-corrected chi connectivity index (χ2v) is 6.96. The second kappa shape index (κ2) is 7.97. The van der Waals surface area contributed by atoms with E-state index in [-0.39, 0.29) is 24.1 Å². The molecule has 0 aromatic heterocycles. The molecule has 0 heterocycles. The Labute approximate surface area is 143 Å². The maximum absolute atomic E-state index is 12.0. The standard InChI is InChI=1S/C16H19BrClNO3/c1-10-4-2-3-5-14(10)19-15(20)9-22-16(21)12-8-11(17)6-7-13(12)18/h6-8,10,14H,2-5,9H2,1H3,(H,19,20)/t10-,14-/m0/s1. The fourth-order valence-electron chi connectivity index (χ4n) is 2.64. The molecule has 4 nitrogen and oxygen atoms in total. The first-order valence-electron chi connectivity index (χ1n) is 7.39. The Bertz CT molecular complexity index is 564. The van der Waals surface area contributed by atoms with Crippen molar-refractivity contribution in [2.24, 2.45) is 5.92 Å². The van der Waals surface area contributed by atoms with Crippen molar-refractivity contribution in [3.8, 4) is 0 Å². The van der Waals surface area contributed by atoms with Gasteiger partial charge in [-0.05, 0) is 37.0 Å². The fourth-order valence-corrected chi connectivity index (χ4v) is 3.20. The Morgan fingerprint density at radius 2 is 2.09 bits per heavy atom. The van der Waals surface area contributed by atoms with Crippen molar-refractivity contribution in [1.29, 1.82) is 0 Å². The molecular weight excluding hydrogens is 370 g/mol. The van der Waals surface area contributed by atoms with E-state index in [2.05, 4.69) is 28.2 Å². The van der Waals surface area contributed by atoms with E-state index in [1.165, 1.54) is 6.42 Å². The summed E-state index contributed by atoms with van der Waals surface area (Å²) in [6.45, 7) is 1.85. The highest BCUT2D eigenvalue weighted by Gasteiger charge is 2.23. The maximum Gasteiger partial charge on any atom is 0.340 e. The molecule has 22 heavy (non-hydrogen) atoms. The Morgan fingerprint density at radius 1 is 1.36 bits per heavy atom. The third-order valence-electron chi connectivity index (χ3n) is 3.94. The molecule has 6 heteroatoms. The summed E-state index contributed by atoms with van der Waals surface area (Å²) >= 11 is 9.23. The summed E-state index contributed by atoms with van der Waals surface area (Å²) in [4.78, 5) is 23.9. The van der Waals surface area contributed by atoms with Gasteiger partial charge in [0.05, 0.1) is 10.6 Å². The molecule has 1 fully saturated rings. The number of esters is 1. The molecule has 1 aromatic rings. The number of hydrogen-bond donors (Lipinski definition) is 1. The lowest BCUT2D eigenvalue weighted by atomic mass is 9.86. The molecule has 0 bridgehead atoms. The van der Waals surface area contributed by atoms with Crippen LogP contribution in [0.25, 0.3) is 0 Å². The van der Waals surface area contributed by atoms with Gasteiger partial charge in [-0.1, -0.05) is 47.3 Å². The van der Waals surface area contributed by atoms with Crippen LogP contribution in [0.5, 0.6) is 0 Å². The zero-order valence-electron chi connectivity index (χ0n) is 12.4. The summed E-state index contributed by atoms with van der Waals surface area (Å²) in [7, 11) is 0. The summed E-state index contributed by atoms with van der Waals surface area (Å²) < 4.78 is 5.77. The predicted molar refractivity (Wildman–Crippen MR) is 89.0 cm³/mol. The van der Waals surface area contributed by atoms with Gasteiger partial charge in [-0.3, -0.25) is 4.79 Å². The Morgan fingerprint density at radius 3 is 2.82 bits per heavy atom. The van der Waals surface area contributed by atoms with Crippen molar-refractivity contribution in [3.05, 3.63) is 33.3 Å². The summed E-state index contributed by atoms with van der Waals surface area (Å²) in [5, 5.41) is 3.24. The van der Waals surface area contributed by atoms with Crippen molar-refractivity contribution in [2.75, 3.05) is 6.61 Å². The highest BCUT2D eigenvalue weighted by Crippen LogP contribution is 2.24. The monoisotopic (exact) mass is 387 g/mol. The van der Waals surface area contributed by atoms with Crippen LogP contribution in [0.1, 0.15) is 43.0 Å². The fraction of sp³-hybridized carbons (Fsp3) is 0.500. The zero-order valence-corrected chi connectivity index (χ0v) is 14.7. The number of halogens is 2. The number of benzene rings is 1. The molecule has 0 saturated heterocycles. The molecule has 1 amide bonds. The van der Waals surface area contributed by atoms with Crippen LogP contribution in [0.4, 0.5) is 0 Å². The number of carbonyl (C=O) groups excluding carboxylic acids is 2. The largest absolute Gasteiger partial charge is 0.452 e. The van der Waals surface area contributed by atoms with Crippen molar-refractivity contribution in [2.45, 2.75) is 38.6 Å². The van der Waals surface area contributed by atoms with Gasteiger partial charge in [0.15, 0.2) is 6.61 Å².